The number of amides is 1. The molecule has 0 aromatic heterocycles. The van der Waals surface area contributed by atoms with Crippen molar-refractivity contribution in [2.24, 2.45) is 5.41 Å². The quantitative estimate of drug-likeness (QED) is 0.557. The van der Waals surface area contributed by atoms with Crippen molar-refractivity contribution in [1.29, 1.82) is 0 Å². The van der Waals surface area contributed by atoms with Crippen LogP contribution < -0.4 is 10.0 Å². The van der Waals surface area contributed by atoms with Crippen molar-refractivity contribution in [2.75, 3.05) is 19.3 Å². The van der Waals surface area contributed by atoms with Gasteiger partial charge in [0.15, 0.2) is 0 Å². The molecule has 3 N–H and O–H groups in total. The van der Waals surface area contributed by atoms with Crippen molar-refractivity contribution in [2.45, 2.75) is 32.1 Å². The fourth-order valence-corrected chi connectivity index (χ4v) is 2.80. The van der Waals surface area contributed by atoms with Gasteiger partial charge in [0.25, 0.3) is 0 Å². The highest BCUT2D eigenvalue weighted by molar-refractivity contribution is 7.88. The zero-order valence-corrected chi connectivity index (χ0v) is 11.8. The molecule has 0 unspecified atom stereocenters. The van der Waals surface area contributed by atoms with Gasteiger partial charge in [0, 0.05) is 19.5 Å². The summed E-state index contributed by atoms with van der Waals surface area (Å²) in [6.07, 6.45) is 3.70. The monoisotopic (exact) mass is 292 g/mol. The van der Waals surface area contributed by atoms with Gasteiger partial charge in [-0.2, -0.15) is 0 Å². The molecule has 19 heavy (non-hydrogen) atoms. The molecule has 7 nitrogen and oxygen atoms in total. The second kappa shape index (κ2) is 6.33. The molecule has 1 rings (SSSR count). The number of carboxylic acids is 1. The minimum atomic E-state index is -3.27. The van der Waals surface area contributed by atoms with Crippen LogP contribution in [0.2, 0.25) is 0 Å². The molecule has 0 saturated heterocycles. The van der Waals surface area contributed by atoms with Crippen molar-refractivity contribution in [1.82, 2.24) is 10.0 Å². The fraction of sp³-hybridized carbons (Fsp3) is 0.818. The van der Waals surface area contributed by atoms with Gasteiger partial charge in [-0.3, -0.25) is 9.59 Å². The van der Waals surface area contributed by atoms with Crippen LogP contribution in [0.3, 0.4) is 0 Å². The molecule has 1 saturated carbocycles. The van der Waals surface area contributed by atoms with E-state index in [4.69, 9.17) is 0 Å². The highest BCUT2D eigenvalue weighted by Crippen LogP contribution is 2.41. The minimum absolute atomic E-state index is 0.0405. The molecule has 1 fully saturated rings. The lowest BCUT2D eigenvalue weighted by molar-refractivity contribution is -0.151. The predicted octanol–water partition coefficient (Wildman–Crippen LogP) is -0.313. The molecule has 1 aliphatic rings. The zero-order chi connectivity index (χ0) is 14.5. The van der Waals surface area contributed by atoms with Gasteiger partial charge < -0.3 is 10.4 Å². The minimum Gasteiger partial charge on any atom is -0.481 e. The first-order chi connectivity index (χ1) is 8.75. The van der Waals surface area contributed by atoms with Crippen LogP contribution in [0, 0.1) is 5.41 Å². The Kier molecular flexibility index (Phi) is 5.30. The largest absolute Gasteiger partial charge is 0.481 e. The summed E-state index contributed by atoms with van der Waals surface area (Å²) in [7, 11) is -3.27. The summed E-state index contributed by atoms with van der Waals surface area (Å²) in [4.78, 5) is 22.9. The van der Waals surface area contributed by atoms with Crippen LogP contribution in [0.4, 0.5) is 0 Å². The number of hydrogen-bond acceptors (Lipinski definition) is 4. The molecular weight excluding hydrogens is 272 g/mol. The lowest BCUT2D eigenvalue weighted by atomic mass is 9.82. The van der Waals surface area contributed by atoms with Crippen LogP contribution >= 0.6 is 0 Å². The van der Waals surface area contributed by atoms with E-state index in [-0.39, 0.29) is 25.4 Å². The number of carbonyl (C=O) groups excluding carboxylic acids is 1. The molecule has 0 aliphatic heterocycles. The van der Waals surface area contributed by atoms with Crippen molar-refractivity contribution in [3.8, 4) is 0 Å². The number of aliphatic carboxylic acids is 1. The van der Waals surface area contributed by atoms with E-state index in [2.05, 4.69) is 10.0 Å². The molecule has 110 valence electrons. The van der Waals surface area contributed by atoms with E-state index in [1.54, 1.807) is 0 Å². The molecule has 0 atom stereocenters. The Morgan fingerprint density at radius 1 is 1.21 bits per heavy atom. The number of carbonyl (C=O) groups is 2. The first-order valence-electron chi connectivity index (χ1n) is 6.20. The van der Waals surface area contributed by atoms with Crippen LogP contribution in [-0.4, -0.2) is 44.7 Å². The third-order valence-corrected chi connectivity index (χ3v) is 4.05. The summed E-state index contributed by atoms with van der Waals surface area (Å²) < 4.78 is 23.8. The number of carboxylic acid groups (broad SMARTS) is 1. The van der Waals surface area contributed by atoms with Crippen LogP contribution in [0.5, 0.6) is 0 Å². The molecular formula is C11H20N2O5S. The Morgan fingerprint density at radius 3 is 2.26 bits per heavy atom. The second-order valence-corrected chi connectivity index (χ2v) is 6.82. The van der Waals surface area contributed by atoms with Crippen LogP contribution in [-0.2, 0) is 19.6 Å². The Morgan fingerprint density at radius 2 is 1.79 bits per heavy atom. The van der Waals surface area contributed by atoms with Gasteiger partial charge in [-0.15, -0.1) is 0 Å². The third kappa shape index (κ3) is 5.15. The molecule has 0 radical (unpaired) electrons. The van der Waals surface area contributed by atoms with E-state index in [0.717, 1.165) is 19.1 Å². The van der Waals surface area contributed by atoms with Gasteiger partial charge in [0.2, 0.25) is 15.9 Å². The fourth-order valence-electron chi connectivity index (χ4n) is 2.33. The molecule has 8 heteroatoms. The average Bonchev–Trinajstić information content (AvgIpc) is 2.73. The first-order valence-corrected chi connectivity index (χ1v) is 8.09. The van der Waals surface area contributed by atoms with Crippen molar-refractivity contribution in [3.63, 3.8) is 0 Å². The van der Waals surface area contributed by atoms with Crippen LogP contribution in [0.25, 0.3) is 0 Å². The maximum absolute atomic E-state index is 11.7. The topological polar surface area (TPSA) is 113 Å². The maximum atomic E-state index is 11.7. The molecule has 0 spiro atoms. The number of hydrogen-bond donors (Lipinski definition) is 3. The van der Waals surface area contributed by atoms with Crippen molar-refractivity contribution >= 4 is 21.9 Å². The second-order valence-electron chi connectivity index (χ2n) is 4.99. The SMILES string of the molecule is CS(=O)(=O)NCCNC(=O)CC1(C(=O)O)CCCC1. The molecule has 0 aromatic rings. The van der Waals surface area contributed by atoms with Gasteiger partial charge in [-0.05, 0) is 12.8 Å². The standard InChI is InChI=1S/C11H20N2O5S/c1-19(17,18)13-7-6-12-9(14)8-11(10(15)16)4-2-3-5-11/h13H,2-8H2,1H3,(H,12,14)(H,15,16). The summed E-state index contributed by atoms with van der Waals surface area (Å²) in [5.41, 5.74) is -0.936. The summed E-state index contributed by atoms with van der Waals surface area (Å²) in [5.74, 6) is -1.27. The zero-order valence-electron chi connectivity index (χ0n) is 10.9. The van der Waals surface area contributed by atoms with E-state index in [0.29, 0.717) is 12.8 Å². The molecule has 1 aliphatic carbocycles. The van der Waals surface area contributed by atoms with Crippen LogP contribution in [0.1, 0.15) is 32.1 Å². The molecule has 1 amide bonds. The Hall–Kier alpha value is -1.15. The lowest BCUT2D eigenvalue weighted by Crippen LogP contribution is -2.38. The smallest absolute Gasteiger partial charge is 0.310 e. The van der Waals surface area contributed by atoms with E-state index < -0.39 is 21.4 Å². The number of sulfonamides is 1. The Balaban J connectivity index is 2.36. The van der Waals surface area contributed by atoms with Gasteiger partial charge in [-0.25, -0.2) is 13.1 Å². The van der Waals surface area contributed by atoms with Gasteiger partial charge >= 0.3 is 5.97 Å². The van der Waals surface area contributed by atoms with Gasteiger partial charge in [0.05, 0.1) is 11.7 Å². The number of nitrogens with one attached hydrogen (secondary N) is 2. The predicted molar refractivity (Wildman–Crippen MR) is 69.0 cm³/mol. The van der Waals surface area contributed by atoms with E-state index in [1.807, 2.05) is 0 Å². The van der Waals surface area contributed by atoms with Crippen molar-refractivity contribution in [3.05, 3.63) is 0 Å². The molecule has 0 bridgehead atoms. The third-order valence-electron chi connectivity index (χ3n) is 3.32. The summed E-state index contributed by atoms with van der Waals surface area (Å²) >= 11 is 0. The average molecular weight is 292 g/mol. The highest BCUT2D eigenvalue weighted by Gasteiger charge is 2.42. The maximum Gasteiger partial charge on any atom is 0.310 e. The lowest BCUT2D eigenvalue weighted by Gasteiger charge is -2.22. The molecule has 0 heterocycles. The Bertz CT molecular complexity index is 440. The summed E-state index contributed by atoms with van der Waals surface area (Å²) in [6, 6.07) is 0. The first kappa shape index (κ1) is 15.9. The highest BCUT2D eigenvalue weighted by atomic mass is 32.2. The Labute approximate surface area is 112 Å². The van der Waals surface area contributed by atoms with Crippen molar-refractivity contribution < 1.29 is 23.1 Å². The van der Waals surface area contributed by atoms with E-state index in [9.17, 15) is 23.1 Å². The molecule has 0 aromatic carbocycles. The van der Waals surface area contributed by atoms with E-state index >= 15 is 0 Å². The van der Waals surface area contributed by atoms with E-state index in [1.165, 1.54) is 0 Å². The van der Waals surface area contributed by atoms with Gasteiger partial charge in [-0.1, -0.05) is 12.8 Å². The van der Waals surface area contributed by atoms with Gasteiger partial charge in [0.1, 0.15) is 0 Å². The van der Waals surface area contributed by atoms with Crippen LogP contribution in [0.15, 0.2) is 0 Å². The summed E-state index contributed by atoms with van der Waals surface area (Å²) in [5, 5.41) is 11.8. The number of rotatable bonds is 7. The summed E-state index contributed by atoms with van der Waals surface area (Å²) in [6.45, 7) is 0.256. The normalized spacial score (nSPS) is 18.2.